The van der Waals surface area contributed by atoms with Gasteiger partial charge < -0.3 is 24.6 Å². The van der Waals surface area contributed by atoms with Crippen molar-refractivity contribution in [1.29, 1.82) is 0 Å². The predicted octanol–water partition coefficient (Wildman–Crippen LogP) is 3.97. The van der Waals surface area contributed by atoms with Gasteiger partial charge in [-0.2, -0.15) is 0 Å². The third-order valence-corrected chi connectivity index (χ3v) is 7.28. The number of nitrogens with one attached hydrogen (secondary N) is 1. The van der Waals surface area contributed by atoms with Crippen LogP contribution >= 0.6 is 0 Å². The van der Waals surface area contributed by atoms with Crippen molar-refractivity contribution in [1.82, 2.24) is 19.9 Å². The Morgan fingerprint density at radius 1 is 1.00 bits per heavy atom. The lowest BCUT2D eigenvalue weighted by molar-refractivity contribution is -0.141. The van der Waals surface area contributed by atoms with Crippen molar-refractivity contribution >= 4 is 34.2 Å². The van der Waals surface area contributed by atoms with E-state index in [9.17, 15) is 9.59 Å². The highest BCUT2D eigenvalue weighted by atomic mass is 16.5. The van der Waals surface area contributed by atoms with Crippen LogP contribution in [0.15, 0.2) is 72.8 Å². The van der Waals surface area contributed by atoms with Crippen LogP contribution in [0.4, 0.5) is 11.4 Å². The fraction of sp³-hybridized carbons (Fsp3) is 0.355. The third kappa shape index (κ3) is 6.66. The minimum Gasteiger partial charge on any atom is -0.497 e. The van der Waals surface area contributed by atoms with Crippen LogP contribution in [0.5, 0.6) is 5.75 Å². The molecule has 0 saturated carbocycles. The minimum absolute atomic E-state index is 0.0403. The monoisotopic (exact) mass is 556 g/mol. The Bertz CT molecular complexity index is 1460. The van der Waals surface area contributed by atoms with E-state index in [2.05, 4.69) is 20.5 Å². The van der Waals surface area contributed by atoms with Gasteiger partial charge in [-0.3, -0.25) is 9.59 Å². The molecule has 1 aliphatic heterocycles. The van der Waals surface area contributed by atoms with Gasteiger partial charge in [-0.05, 0) is 60.0 Å². The van der Waals surface area contributed by atoms with Gasteiger partial charge in [0, 0.05) is 31.0 Å². The molecule has 1 atom stereocenters. The number of hydrogen-bond acceptors (Lipinski definition) is 7. The van der Waals surface area contributed by atoms with Crippen LogP contribution in [0, 0.1) is 5.92 Å². The number of benzene rings is 3. The summed E-state index contributed by atoms with van der Waals surface area (Å²) in [6, 6.07) is 22.1. The van der Waals surface area contributed by atoms with E-state index in [4.69, 9.17) is 9.47 Å². The SMILES string of the molecule is COc1ccc(CN(C(=O)Cn2nnc3ccccc32)C(C(=O)Nc2ccc(N3CCOCC3)cc2)C(C)C)cc1. The van der Waals surface area contributed by atoms with Crippen molar-refractivity contribution in [3.05, 3.63) is 78.4 Å². The Hall–Kier alpha value is -4.44. The predicted molar refractivity (Wildman–Crippen MR) is 158 cm³/mol. The van der Waals surface area contributed by atoms with Crippen LogP contribution < -0.4 is 15.0 Å². The van der Waals surface area contributed by atoms with Crippen molar-refractivity contribution in [2.24, 2.45) is 5.92 Å². The Kier molecular flexibility index (Phi) is 8.79. The number of hydrogen-bond donors (Lipinski definition) is 1. The maximum Gasteiger partial charge on any atom is 0.247 e. The molecule has 1 fully saturated rings. The zero-order valence-electron chi connectivity index (χ0n) is 23.7. The number of nitrogens with zero attached hydrogens (tertiary/aromatic N) is 5. The minimum atomic E-state index is -0.724. The van der Waals surface area contributed by atoms with Gasteiger partial charge in [0.1, 0.15) is 23.9 Å². The quantitative estimate of drug-likeness (QED) is 0.315. The zero-order valence-corrected chi connectivity index (χ0v) is 23.7. The Morgan fingerprint density at radius 3 is 2.39 bits per heavy atom. The smallest absolute Gasteiger partial charge is 0.247 e. The number of ether oxygens (including phenoxy) is 2. The third-order valence-electron chi connectivity index (χ3n) is 7.28. The molecule has 1 N–H and O–H groups in total. The molecule has 41 heavy (non-hydrogen) atoms. The van der Waals surface area contributed by atoms with E-state index < -0.39 is 6.04 Å². The average Bonchev–Trinajstić information content (AvgIpc) is 3.40. The Balaban J connectivity index is 1.39. The molecule has 1 aliphatic rings. The number of para-hydroxylation sites is 1. The number of anilines is 2. The number of carbonyl (C=O) groups excluding carboxylic acids is 2. The molecular formula is C31H36N6O4. The molecule has 2 heterocycles. The molecule has 0 bridgehead atoms. The number of carbonyl (C=O) groups is 2. The largest absolute Gasteiger partial charge is 0.497 e. The molecule has 3 aromatic carbocycles. The summed E-state index contributed by atoms with van der Waals surface area (Å²) in [5.41, 5.74) is 4.12. The van der Waals surface area contributed by atoms with E-state index in [1.165, 1.54) is 0 Å². The van der Waals surface area contributed by atoms with E-state index in [0.29, 0.717) is 24.4 Å². The normalized spacial score (nSPS) is 14.2. The van der Waals surface area contributed by atoms with Gasteiger partial charge in [0.25, 0.3) is 0 Å². The number of amides is 2. The van der Waals surface area contributed by atoms with Crippen LogP contribution in [0.3, 0.4) is 0 Å². The molecule has 1 unspecified atom stereocenters. The summed E-state index contributed by atoms with van der Waals surface area (Å²) in [6.07, 6.45) is 0. The lowest BCUT2D eigenvalue weighted by Crippen LogP contribution is -2.50. The van der Waals surface area contributed by atoms with Crippen molar-refractivity contribution in [3.63, 3.8) is 0 Å². The molecule has 10 nitrogen and oxygen atoms in total. The first kappa shape index (κ1) is 28.1. The molecule has 0 radical (unpaired) electrons. The Labute approximate surface area is 239 Å². The first-order chi connectivity index (χ1) is 19.9. The molecule has 1 saturated heterocycles. The van der Waals surface area contributed by atoms with E-state index in [0.717, 1.165) is 35.6 Å². The van der Waals surface area contributed by atoms with Crippen molar-refractivity contribution < 1.29 is 19.1 Å². The lowest BCUT2D eigenvalue weighted by Gasteiger charge is -2.34. The summed E-state index contributed by atoms with van der Waals surface area (Å²) in [6.45, 7) is 7.20. The molecule has 2 amide bonds. The molecule has 4 aromatic rings. The average molecular weight is 557 g/mol. The van der Waals surface area contributed by atoms with Crippen LogP contribution in [0.25, 0.3) is 11.0 Å². The van der Waals surface area contributed by atoms with Crippen molar-refractivity contribution in [3.8, 4) is 5.75 Å². The molecule has 5 rings (SSSR count). The van der Waals surface area contributed by atoms with Gasteiger partial charge in [0.2, 0.25) is 11.8 Å². The van der Waals surface area contributed by atoms with Crippen LogP contribution in [0.2, 0.25) is 0 Å². The summed E-state index contributed by atoms with van der Waals surface area (Å²) in [7, 11) is 1.61. The second-order valence-corrected chi connectivity index (χ2v) is 10.4. The van der Waals surface area contributed by atoms with Crippen LogP contribution in [-0.2, 0) is 27.4 Å². The molecule has 10 heteroatoms. The van der Waals surface area contributed by atoms with Gasteiger partial charge in [-0.1, -0.05) is 43.3 Å². The van der Waals surface area contributed by atoms with Crippen LogP contribution in [-0.4, -0.2) is 71.2 Å². The van der Waals surface area contributed by atoms with Gasteiger partial charge >= 0.3 is 0 Å². The maximum atomic E-state index is 13.9. The summed E-state index contributed by atoms with van der Waals surface area (Å²) in [5, 5.41) is 11.4. The summed E-state index contributed by atoms with van der Waals surface area (Å²) >= 11 is 0. The molecule has 214 valence electrons. The second-order valence-electron chi connectivity index (χ2n) is 10.4. The van der Waals surface area contributed by atoms with Crippen molar-refractivity contribution in [2.45, 2.75) is 33.0 Å². The molecule has 0 spiro atoms. The highest BCUT2D eigenvalue weighted by molar-refractivity contribution is 5.97. The number of rotatable bonds is 10. The number of fused-ring (bicyclic) bond motifs is 1. The topological polar surface area (TPSA) is 102 Å². The van der Waals surface area contributed by atoms with E-state index >= 15 is 0 Å². The highest BCUT2D eigenvalue weighted by Gasteiger charge is 2.33. The van der Waals surface area contributed by atoms with E-state index in [1.54, 1.807) is 16.7 Å². The number of methoxy groups -OCH3 is 1. The molecule has 0 aliphatic carbocycles. The van der Waals surface area contributed by atoms with Crippen LogP contribution in [0.1, 0.15) is 19.4 Å². The summed E-state index contributed by atoms with van der Waals surface area (Å²) in [5.74, 6) is 0.0918. The number of morpholine rings is 1. The summed E-state index contributed by atoms with van der Waals surface area (Å²) in [4.78, 5) is 31.6. The Morgan fingerprint density at radius 2 is 1.71 bits per heavy atom. The lowest BCUT2D eigenvalue weighted by atomic mass is 10.00. The van der Waals surface area contributed by atoms with E-state index in [-0.39, 0.29) is 30.8 Å². The van der Waals surface area contributed by atoms with Gasteiger partial charge in [-0.15, -0.1) is 5.10 Å². The molecular weight excluding hydrogens is 520 g/mol. The van der Waals surface area contributed by atoms with Gasteiger partial charge in [0.05, 0.1) is 25.8 Å². The van der Waals surface area contributed by atoms with E-state index in [1.807, 2.05) is 86.6 Å². The summed E-state index contributed by atoms with van der Waals surface area (Å²) < 4.78 is 12.3. The first-order valence-electron chi connectivity index (χ1n) is 13.9. The van der Waals surface area contributed by atoms with Gasteiger partial charge in [0.15, 0.2) is 0 Å². The van der Waals surface area contributed by atoms with Gasteiger partial charge in [-0.25, -0.2) is 4.68 Å². The highest BCUT2D eigenvalue weighted by Crippen LogP contribution is 2.23. The maximum absolute atomic E-state index is 13.9. The number of aromatic nitrogens is 3. The fourth-order valence-corrected chi connectivity index (χ4v) is 5.12. The first-order valence-corrected chi connectivity index (χ1v) is 13.9. The fourth-order valence-electron chi connectivity index (χ4n) is 5.12. The standard InChI is InChI=1S/C31H36N6O4/c1-22(2)30(31(39)32-24-10-12-25(13-11-24)35-16-18-41-19-17-35)36(20-23-8-14-26(40-3)15-9-23)29(38)21-37-28-7-5-4-6-27(28)33-34-37/h4-15,22,30H,16-21H2,1-3H3,(H,32,39). The van der Waals surface area contributed by atoms with Crippen molar-refractivity contribution in [2.75, 3.05) is 43.6 Å². The molecule has 1 aromatic heterocycles. The second kappa shape index (κ2) is 12.8. The zero-order chi connectivity index (χ0) is 28.8.